The molecule has 1 saturated heterocycles. The Morgan fingerprint density at radius 2 is 1.67 bits per heavy atom. The first-order valence-electron chi connectivity index (χ1n) is 8.72. The zero-order valence-electron chi connectivity index (χ0n) is 14.5. The molecule has 1 heterocycles. The fourth-order valence-corrected chi connectivity index (χ4v) is 3.41. The van der Waals surface area contributed by atoms with Crippen LogP contribution in [-0.2, 0) is 11.2 Å². The summed E-state index contributed by atoms with van der Waals surface area (Å²) in [5.74, 6) is 0.248. The summed E-state index contributed by atoms with van der Waals surface area (Å²) in [6, 6.07) is 20.7. The van der Waals surface area contributed by atoms with Crippen LogP contribution in [0.4, 0.5) is 5.69 Å². The van der Waals surface area contributed by atoms with Gasteiger partial charge in [0.25, 0.3) is 0 Å². The molecule has 3 rings (SSSR count). The molecule has 2 aromatic carbocycles. The molecule has 0 bridgehead atoms. The second-order valence-electron chi connectivity index (χ2n) is 7.10. The fourth-order valence-electron chi connectivity index (χ4n) is 3.41. The largest absolute Gasteiger partial charge is 0.381 e. The maximum absolute atomic E-state index is 13.0. The van der Waals surface area contributed by atoms with E-state index in [1.165, 1.54) is 5.56 Å². The van der Waals surface area contributed by atoms with Gasteiger partial charge in [-0.25, -0.2) is 0 Å². The number of piperidine rings is 1. The van der Waals surface area contributed by atoms with Crippen LogP contribution in [0, 0.1) is 5.41 Å². The van der Waals surface area contributed by atoms with Crippen molar-refractivity contribution in [2.75, 3.05) is 18.4 Å². The van der Waals surface area contributed by atoms with Gasteiger partial charge >= 0.3 is 0 Å². The van der Waals surface area contributed by atoms with Crippen LogP contribution in [0.25, 0.3) is 0 Å². The van der Waals surface area contributed by atoms with Gasteiger partial charge in [0.2, 0.25) is 5.91 Å². The predicted octanol–water partition coefficient (Wildman–Crippen LogP) is 3.97. The average molecular weight is 322 g/mol. The van der Waals surface area contributed by atoms with E-state index in [4.69, 9.17) is 0 Å². The standard InChI is InChI=1S/C21H26N2O/c1-21(2)19(22-18-11-7-4-8-12-18)14-16-23(20(21)24)15-13-17-9-5-3-6-10-17/h3-12,19,22H,13-16H2,1-2H3. The van der Waals surface area contributed by atoms with E-state index >= 15 is 0 Å². The lowest BCUT2D eigenvalue weighted by atomic mass is 9.78. The van der Waals surface area contributed by atoms with Gasteiger partial charge in [0.1, 0.15) is 0 Å². The number of amides is 1. The molecule has 1 N–H and O–H groups in total. The Morgan fingerprint density at radius 3 is 2.33 bits per heavy atom. The molecule has 2 aromatic rings. The molecule has 1 atom stereocenters. The van der Waals surface area contributed by atoms with Crippen LogP contribution in [0.3, 0.4) is 0 Å². The molecule has 1 amide bonds. The first-order valence-corrected chi connectivity index (χ1v) is 8.72. The quantitative estimate of drug-likeness (QED) is 0.903. The van der Waals surface area contributed by atoms with Gasteiger partial charge in [-0.2, -0.15) is 0 Å². The third kappa shape index (κ3) is 3.61. The number of hydrogen-bond acceptors (Lipinski definition) is 2. The lowest BCUT2D eigenvalue weighted by Gasteiger charge is -2.44. The molecule has 1 aliphatic heterocycles. The maximum atomic E-state index is 13.0. The number of nitrogens with one attached hydrogen (secondary N) is 1. The number of carbonyl (C=O) groups is 1. The van der Waals surface area contributed by atoms with Crippen molar-refractivity contribution in [3.63, 3.8) is 0 Å². The number of rotatable bonds is 5. The van der Waals surface area contributed by atoms with Crippen LogP contribution in [-0.4, -0.2) is 29.9 Å². The Morgan fingerprint density at radius 1 is 1.04 bits per heavy atom. The van der Waals surface area contributed by atoms with Crippen molar-refractivity contribution in [3.8, 4) is 0 Å². The summed E-state index contributed by atoms with van der Waals surface area (Å²) in [5, 5.41) is 3.55. The number of carbonyl (C=O) groups excluding carboxylic acids is 1. The van der Waals surface area contributed by atoms with Crippen LogP contribution in [0.5, 0.6) is 0 Å². The molecule has 1 fully saturated rings. The maximum Gasteiger partial charge on any atom is 0.230 e. The lowest BCUT2D eigenvalue weighted by molar-refractivity contribution is -0.144. The van der Waals surface area contributed by atoms with E-state index in [1.54, 1.807) is 0 Å². The minimum atomic E-state index is -0.398. The molecule has 1 unspecified atom stereocenters. The zero-order valence-corrected chi connectivity index (χ0v) is 14.5. The number of para-hydroxylation sites is 1. The van der Waals surface area contributed by atoms with Crippen LogP contribution in [0.15, 0.2) is 60.7 Å². The van der Waals surface area contributed by atoms with Crippen molar-refractivity contribution in [2.45, 2.75) is 32.7 Å². The first kappa shape index (κ1) is 16.6. The molecule has 0 aliphatic carbocycles. The van der Waals surface area contributed by atoms with Crippen LogP contribution >= 0.6 is 0 Å². The highest BCUT2D eigenvalue weighted by molar-refractivity contribution is 5.84. The van der Waals surface area contributed by atoms with Gasteiger partial charge in [-0.1, -0.05) is 48.5 Å². The van der Waals surface area contributed by atoms with Crippen molar-refractivity contribution >= 4 is 11.6 Å². The molecule has 0 radical (unpaired) electrons. The summed E-state index contributed by atoms with van der Waals surface area (Å²) in [6.45, 7) is 5.74. The Bertz CT molecular complexity index is 667. The zero-order chi connectivity index (χ0) is 17.0. The Labute approximate surface area is 144 Å². The summed E-state index contributed by atoms with van der Waals surface area (Å²) in [5.41, 5.74) is 1.97. The summed E-state index contributed by atoms with van der Waals surface area (Å²) in [6.07, 6.45) is 1.89. The van der Waals surface area contributed by atoms with Gasteiger partial charge < -0.3 is 10.2 Å². The molecule has 24 heavy (non-hydrogen) atoms. The van der Waals surface area contributed by atoms with Crippen LogP contribution < -0.4 is 5.32 Å². The molecule has 3 heteroatoms. The van der Waals surface area contributed by atoms with Gasteiger partial charge in [0.15, 0.2) is 0 Å². The number of nitrogens with zero attached hydrogens (tertiary/aromatic N) is 1. The second kappa shape index (κ2) is 7.08. The molecular formula is C21H26N2O. The summed E-state index contributed by atoms with van der Waals surface area (Å²) < 4.78 is 0. The Hall–Kier alpha value is -2.29. The van der Waals surface area contributed by atoms with Crippen LogP contribution in [0.2, 0.25) is 0 Å². The van der Waals surface area contributed by atoms with Crippen molar-refractivity contribution in [2.24, 2.45) is 5.41 Å². The van der Waals surface area contributed by atoms with Gasteiger partial charge in [-0.05, 0) is 44.4 Å². The number of hydrogen-bond donors (Lipinski definition) is 1. The van der Waals surface area contributed by atoms with E-state index in [9.17, 15) is 4.79 Å². The highest BCUT2D eigenvalue weighted by atomic mass is 16.2. The Kier molecular flexibility index (Phi) is 4.89. The Balaban J connectivity index is 1.63. The van der Waals surface area contributed by atoms with Crippen molar-refractivity contribution in [1.29, 1.82) is 0 Å². The normalized spacial score (nSPS) is 20.0. The minimum Gasteiger partial charge on any atom is -0.381 e. The van der Waals surface area contributed by atoms with E-state index in [-0.39, 0.29) is 11.9 Å². The number of likely N-dealkylation sites (tertiary alicyclic amines) is 1. The fraction of sp³-hybridized carbons (Fsp3) is 0.381. The monoisotopic (exact) mass is 322 g/mol. The van der Waals surface area contributed by atoms with Crippen molar-refractivity contribution in [1.82, 2.24) is 4.90 Å². The highest BCUT2D eigenvalue weighted by Gasteiger charge is 2.43. The second-order valence-corrected chi connectivity index (χ2v) is 7.10. The van der Waals surface area contributed by atoms with Crippen molar-refractivity contribution in [3.05, 3.63) is 66.2 Å². The van der Waals surface area contributed by atoms with E-state index in [0.717, 1.165) is 31.6 Å². The van der Waals surface area contributed by atoms with E-state index in [2.05, 4.69) is 55.6 Å². The van der Waals surface area contributed by atoms with E-state index < -0.39 is 5.41 Å². The number of anilines is 1. The van der Waals surface area contributed by atoms with Crippen molar-refractivity contribution < 1.29 is 4.79 Å². The molecule has 1 aliphatic rings. The van der Waals surface area contributed by atoms with Gasteiger partial charge in [-0.15, -0.1) is 0 Å². The number of benzene rings is 2. The third-order valence-electron chi connectivity index (χ3n) is 5.03. The smallest absolute Gasteiger partial charge is 0.230 e. The summed E-state index contributed by atoms with van der Waals surface area (Å²) in [7, 11) is 0. The molecule has 126 valence electrons. The summed E-state index contributed by atoms with van der Waals surface area (Å²) in [4.78, 5) is 15.0. The summed E-state index contributed by atoms with van der Waals surface area (Å²) >= 11 is 0. The van der Waals surface area contributed by atoms with Crippen LogP contribution in [0.1, 0.15) is 25.8 Å². The SMILES string of the molecule is CC1(C)C(=O)N(CCc2ccccc2)CCC1Nc1ccccc1. The molecular weight excluding hydrogens is 296 g/mol. The first-order chi connectivity index (χ1) is 11.6. The van der Waals surface area contributed by atoms with E-state index in [0.29, 0.717) is 0 Å². The topological polar surface area (TPSA) is 32.3 Å². The lowest BCUT2D eigenvalue weighted by Crippen LogP contribution is -2.56. The molecule has 0 aromatic heterocycles. The van der Waals surface area contributed by atoms with Gasteiger partial charge in [0, 0.05) is 24.8 Å². The van der Waals surface area contributed by atoms with E-state index in [1.807, 2.05) is 29.2 Å². The predicted molar refractivity (Wildman–Crippen MR) is 99.0 cm³/mol. The highest BCUT2D eigenvalue weighted by Crippen LogP contribution is 2.33. The third-order valence-corrected chi connectivity index (χ3v) is 5.03. The molecule has 3 nitrogen and oxygen atoms in total. The minimum absolute atomic E-state index is 0.167. The average Bonchev–Trinajstić information content (AvgIpc) is 2.61. The molecule has 0 spiro atoms. The van der Waals surface area contributed by atoms with Gasteiger partial charge in [-0.3, -0.25) is 4.79 Å². The molecule has 0 saturated carbocycles. The van der Waals surface area contributed by atoms with Gasteiger partial charge in [0.05, 0.1) is 5.41 Å².